The Morgan fingerprint density at radius 1 is 1.15 bits per heavy atom. The number of ether oxygens (including phenoxy) is 1. The molecule has 2 aromatic rings. The lowest BCUT2D eigenvalue weighted by Gasteiger charge is -2.64. The van der Waals surface area contributed by atoms with Gasteiger partial charge in [-0.1, -0.05) is 38.9 Å². The highest BCUT2D eigenvalue weighted by Crippen LogP contribution is 2.65. The van der Waals surface area contributed by atoms with E-state index in [0.29, 0.717) is 35.8 Å². The molecule has 1 saturated heterocycles. The normalized spacial score (nSPS) is 31.1. The van der Waals surface area contributed by atoms with Crippen molar-refractivity contribution in [3.05, 3.63) is 54.2 Å². The molecule has 0 radical (unpaired) electrons. The maximum absolute atomic E-state index is 13.4. The van der Waals surface area contributed by atoms with Gasteiger partial charge in [0.2, 0.25) is 12.0 Å². The van der Waals surface area contributed by atoms with E-state index < -0.39 is 13.2 Å². The monoisotopic (exact) mass is 531 g/mol. The molecule has 1 N–H and O–H groups in total. The standard InChI is InChI=1S/C30H38BN3O5/c1-18(2)14-26(31-37-25-16-20-15-24(29(20,3)4)30(25,5)39-31)33-28(35)23-17-22(34-38-23)19-9-11-21(12-10-19)36-27-8-6-7-13-32-27/h6-13,18,20,23-26H,14-17H2,1-5H3,(H,33,35)/t20-,23?,24-,25+,26-,30-/m0/s1. The molecule has 39 heavy (non-hydrogen) atoms. The van der Waals surface area contributed by atoms with Crippen molar-refractivity contribution >= 4 is 18.7 Å². The molecule has 0 spiro atoms. The topological polar surface area (TPSA) is 91.3 Å². The molecular weight excluding hydrogens is 493 g/mol. The number of hydrogen-bond donors (Lipinski definition) is 1. The molecule has 3 saturated carbocycles. The first-order valence-electron chi connectivity index (χ1n) is 14.2. The summed E-state index contributed by atoms with van der Waals surface area (Å²) in [6.07, 6.45) is 4.45. The minimum atomic E-state index is -0.690. The molecular formula is C30H38BN3O5. The fourth-order valence-corrected chi connectivity index (χ4v) is 7.02. The second-order valence-electron chi connectivity index (χ2n) is 12.7. The van der Waals surface area contributed by atoms with Crippen molar-refractivity contribution in [2.24, 2.45) is 28.3 Å². The van der Waals surface area contributed by atoms with E-state index in [1.54, 1.807) is 12.3 Å². The molecule has 9 heteroatoms. The Hall–Kier alpha value is -2.91. The largest absolute Gasteiger partial charge is 0.481 e. The number of pyridine rings is 1. The number of benzene rings is 1. The smallest absolute Gasteiger partial charge is 0.439 e. The highest BCUT2D eigenvalue weighted by molar-refractivity contribution is 6.48. The minimum absolute atomic E-state index is 0.0770. The number of nitrogens with zero attached hydrogens (tertiary/aromatic N) is 2. The van der Waals surface area contributed by atoms with Crippen LogP contribution in [0.3, 0.4) is 0 Å². The maximum atomic E-state index is 13.4. The van der Waals surface area contributed by atoms with E-state index in [1.165, 1.54) is 6.42 Å². The molecule has 1 unspecified atom stereocenters. The van der Waals surface area contributed by atoms with Crippen LogP contribution < -0.4 is 10.1 Å². The first kappa shape index (κ1) is 26.3. The van der Waals surface area contributed by atoms with Crippen molar-refractivity contribution in [1.29, 1.82) is 0 Å². The predicted molar refractivity (Wildman–Crippen MR) is 148 cm³/mol. The quantitative estimate of drug-likeness (QED) is 0.473. The van der Waals surface area contributed by atoms with Crippen LogP contribution in [0.1, 0.15) is 65.9 Å². The van der Waals surface area contributed by atoms with Crippen molar-refractivity contribution in [1.82, 2.24) is 10.3 Å². The molecule has 206 valence electrons. The molecule has 1 aromatic heterocycles. The van der Waals surface area contributed by atoms with E-state index in [2.05, 4.69) is 50.1 Å². The Balaban J connectivity index is 1.07. The van der Waals surface area contributed by atoms with Gasteiger partial charge in [0.1, 0.15) is 5.75 Å². The van der Waals surface area contributed by atoms with Crippen LogP contribution in [0, 0.1) is 23.2 Å². The second-order valence-corrected chi connectivity index (χ2v) is 12.7. The summed E-state index contributed by atoms with van der Waals surface area (Å²) in [7, 11) is -0.463. The van der Waals surface area contributed by atoms with Crippen molar-refractivity contribution in [2.75, 3.05) is 0 Å². The molecule has 3 heterocycles. The summed E-state index contributed by atoms with van der Waals surface area (Å²) in [5.74, 6) is 2.29. The first-order chi connectivity index (χ1) is 18.6. The predicted octanol–water partition coefficient (Wildman–Crippen LogP) is 5.17. The Morgan fingerprint density at radius 3 is 2.64 bits per heavy atom. The summed E-state index contributed by atoms with van der Waals surface area (Å²) in [4.78, 5) is 23.1. The molecule has 8 nitrogen and oxygen atoms in total. The Labute approximate surface area is 231 Å². The van der Waals surface area contributed by atoms with Crippen molar-refractivity contribution in [2.45, 2.75) is 84.1 Å². The third-order valence-electron chi connectivity index (χ3n) is 9.36. The minimum Gasteiger partial charge on any atom is -0.439 e. The van der Waals surface area contributed by atoms with Gasteiger partial charge < -0.3 is 24.2 Å². The Morgan fingerprint density at radius 2 is 1.95 bits per heavy atom. The molecule has 3 aliphatic carbocycles. The number of rotatable bonds is 8. The fraction of sp³-hybridized carbons (Fsp3) is 0.567. The number of carbonyl (C=O) groups excluding carboxylic acids is 1. The highest BCUT2D eigenvalue weighted by Gasteiger charge is 2.68. The van der Waals surface area contributed by atoms with Gasteiger partial charge in [0, 0.05) is 18.7 Å². The van der Waals surface area contributed by atoms with Crippen molar-refractivity contribution in [3.63, 3.8) is 0 Å². The van der Waals surface area contributed by atoms with E-state index in [1.807, 2.05) is 36.4 Å². The van der Waals surface area contributed by atoms with Crippen LogP contribution in [-0.4, -0.2) is 47.5 Å². The Kier molecular flexibility index (Phi) is 6.70. The SMILES string of the molecule is CC(C)C[C@H](NC(=O)C1CC(c2ccc(Oc3ccccn3)cc2)=NO1)B1O[C@@H]2C[C@@H]3C[C@@H](C3(C)C)[C@]2(C)O1. The summed E-state index contributed by atoms with van der Waals surface area (Å²) < 4.78 is 19.0. The van der Waals surface area contributed by atoms with E-state index >= 15 is 0 Å². The molecule has 2 bridgehead atoms. The van der Waals surface area contributed by atoms with Gasteiger partial charge in [-0.3, -0.25) is 4.79 Å². The van der Waals surface area contributed by atoms with Gasteiger partial charge in [0.05, 0.1) is 23.4 Å². The summed E-state index contributed by atoms with van der Waals surface area (Å²) in [5, 5.41) is 7.43. The van der Waals surface area contributed by atoms with Crippen molar-refractivity contribution < 1.29 is 23.7 Å². The zero-order valence-corrected chi connectivity index (χ0v) is 23.4. The molecule has 6 atom stereocenters. The third-order valence-corrected chi connectivity index (χ3v) is 9.36. The number of aromatic nitrogens is 1. The van der Waals surface area contributed by atoms with E-state index in [0.717, 1.165) is 24.1 Å². The van der Waals surface area contributed by atoms with Gasteiger partial charge in [-0.15, -0.1) is 0 Å². The molecule has 2 aliphatic heterocycles. The number of hydrogen-bond acceptors (Lipinski definition) is 7. The van der Waals surface area contributed by atoms with Gasteiger partial charge >= 0.3 is 7.12 Å². The first-order valence-corrected chi connectivity index (χ1v) is 14.2. The second kappa shape index (κ2) is 9.93. The van der Waals surface area contributed by atoms with E-state index in [-0.39, 0.29) is 29.0 Å². The van der Waals surface area contributed by atoms with Crippen LogP contribution in [0.5, 0.6) is 11.6 Å². The summed E-state index contributed by atoms with van der Waals surface area (Å²) in [6, 6.07) is 13.1. The highest BCUT2D eigenvalue weighted by atomic mass is 16.7. The van der Waals surface area contributed by atoms with E-state index in [9.17, 15) is 4.79 Å². The van der Waals surface area contributed by atoms with Crippen LogP contribution >= 0.6 is 0 Å². The average molecular weight is 531 g/mol. The number of oxime groups is 1. The lowest BCUT2D eigenvalue weighted by Crippen LogP contribution is -2.65. The van der Waals surface area contributed by atoms with Gasteiger partial charge in [-0.2, -0.15) is 0 Å². The van der Waals surface area contributed by atoms with Gasteiger partial charge in [-0.05, 0) is 85.3 Å². The van der Waals surface area contributed by atoms with E-state index in [4.69, 9.17) is 18.9 Å². The van der Waals surface area contributed by atoms with Gasteiger partial charge in [-0.25, -0.2) is 4.98 Å². The molecule has 4 fully saturated rings. The lowest BCUT2D eigenvalue weighted by molar-refractivity contribution is -0.199. The van der Waals surface area contributed by atoms with Gasteiger partial charge in [0.25, 0.3) is 5.91 Å². The number of amides is 1. The van der Waals surface area contributed by atoms with Gasteiger partial charge in [0.15, 0.2) is 0 Å². The van der Waals surface area contributed by atoms with Crippen LogP contribution in [-0.2, 0) is 18.9 Å². The van der Waals surface area contributed by atoms with Crippen LogP contribution in [0.2, 0.25) is 0 Å². The third kappa shape index (κ3) is 4.84. The number of nitrogens with one attached hydrogen (secondary N) is 1. The zero-order chi connectivity index (χ0) is 27.4. The summed E-state index contributed by atoms with van der Waals surface area (Å²) in [6.45, 7) is 11.2. The zero-order valence-electron chi connectivity index (χ0n) is 23.4. The van der Waals surface area contributed by atoms with Crippen LogP contribution in [0.25, 0.3) is 0 Å². The molecule has 7 rings (SSSR count). The van der Waals surface area contributed by atoms with Crippen molar-refractivity contribution in [3.8, 4) is 11.6 Å². The molecule has 5 aliphatic rings. The molecule has 1 aromatic carbocycles. The van der Waals surface area contributed by atoms with Crippen LogP contribution in [0.4, 0.5) is 0 Å². The summed E-state index contributed by atoms with van der Waals surface area (Å²) in [5.41, 5.74) is 1.58. The number of carbonyl (C=O) groups is 1. The Bertz CT molecular complexity index is 1240. The lowest BCUT2D eigenvalue weighted by atomic mass is 9.43. The summed E-state index contributed by atoms with van der Waals surface area (Å²) >= 11 is 0. The van der Waals surface area contributed by atoms with Crippen LogP contribution in [0.15, 0.2) is 53.8 Å². The fourth-order valence-electron chi connectivity index (χ4n) is 7.02. The maximum Gasteiger partial charge on any atom is 0.481 e. The average Bonchev–Trinajstić information content (AvgIpc) is 3.54. The molecule has 1 amide bonds.